The number of carboxylic acid groups (broad SMARTS) is 1. The van der Waals surface area contributed by atoms with Gasteiger partial charge < -0.3 is 9.84 Å². The van der Waals surface area contributed by atoms with Gasteiger partial charge in [-0.2, -0.15) is 0 Å². The maximum atomic E-state index is 11.5. The van der Waals surface area contributed by atoms with Gasteiger partial charge in [0.05, 0.1) is 0 Å². The molecule has 3 nitrogen and oxygen atoms in total. The fourth-order valence-corrected chi connectivity index (χ4v) is 2.24. The molecule has 0 aliphatic rings. The van der Waals surface area contributed by atoms with Gasteiger partial charge in [0.25, 0.3) is 0 Å². The van der Waals surface area contributed by atoms with Crippen molar-refractivity contribution in [1.82, 2.24) is 0 Å². The molecule has 0 aliphatic carbocycles. The van der Waals surface area contributed by atoms with Crippen LogP contribution < -0.4 is 4.74 Å². The zero-order valence-corrected chi connectivity index (χ0v) is 12.6. The summed E-state index contributed by atoms with van der Waals surface area (Å²) in [5, 5.41) is 9.42. The van der Waals surface area contributed by atoms with Crippen molar-refractivity contribution < 1.29 is 14.6 Å². The molecule has 2 rings (SSSR count). The van der Waals surface area contributed by atoms with Crippen LogP contribution in [0.2, 0.25) is 0 Å². The molecule has 0 saturated heterocycles. The van der Waals surface area contributed by atoms with Crippen molar-refractivity contribution in [2.45, 2.75) is 33.3 Å². The predicted molar refractivity (Wildman–Crippen MR) is 82.9 cm³/mol. The standard InChI is InChI=1S/C18H20O3/c1-12-8-9-13(2)15(10-12)11-17(18(19)20)21-16-7-5-4-6-14(16)3/h4-10,17H,11H2,1-3H3,(H,19,20). The highest BCUT2D eigenvalue weighted by atomic mass is 16.5. The van der Waals surface area contributed by atoms with Crippen LogP contribution in [-0.2, 0) is 11.2 Å². The van der Waals surface area contributed by atoms with Crippen LogP contribution in [0.25, 0.3) is 0 Å². The molecule has 1 N–H and O–H groups in total. The van der Waals surface area contributed by atoms with Crippen LogP contribution in [0, 0.1) is 20.8 Å². The van der Waals surface area contributed by atoms with E-state index < -0.39 is 12.1 Å². The molecule has 0 saturated carbocycles. The first-order chi connectivity index (χ1) is 9.97. The molecule has 2 aromatic carbocycles. The van der Waals surface area contributed by atoms with Gasteiger partial charge in [0.15, 0.2) is 6.10 Å². The lowest BCUT2D eigenvalue weighted by molar-refractivity contribution is -0.145. The number of rotatable bonds is 5. The number of para-hydroxylation sites is 1. The van der Waals surface area contributed by atoms with Gasteiger partial charge in [0, 0.05) is 6.42 Å². The van der Waals surface area contributed by atoms with Gasteiger partial charge in [-0.25, -0.2) is 4.79 Å². The van der Waals surface area contributed by atoms with Crippen molar-refractivity contribution in [3.8, 4) is 5.75 Å². The second kappa shape index (κ2) is 6.44. The third kappa shape index (κ3) is 3.85. The average molecular weight is 284 g/mol. The SMILES string of the molecule is Cc1ccc(C)c(CC(Oc2ccccc2C)C(=O)O)c1. The number of carbonyl (C=O) groups is 1. The summed E-state index contributed by atoms with van der Waals surface area (Å²) in [6, 6.07) is 13.5. The molecular weight excluding hydrogens is 264 g/mol. The van der Waals surface area contributed by atoms with E-state index in [1.165, 1.54) is 0 Å². The molecule has 1 atom stereocenters. The van der Waals surface area contributed by atoms with Gasteiger partial charge >= 0.3 is 5.97 Å². The summed E-state index contributed by atoms with van der Waals surface area (Å²) in [5.41, 5.74) is 4.15. The monoisotopic (exact) mass is 284 g/mol. The van der Waals surface area contributed by atoms with Crippen molar-refractivity contribution in [3.63, 3.8) is 0 Å². The molecule has 1 unspecified atom stereocenters. The number of carboxylic acids is 1. The van der Waals surface area contributed by atoms with Gasteiger partial charge in [0.2, 0.25) is 0 Å². The maximum Gasteiger partial charge on any atom is 0.345 e. The molecule has 0 spiro atoms. The second-order valence-electron chi connectivity index (χ2n) is 5.34. The highest BCUT2D eigenvalue weighted by Crippen LogP contribution is 2.21. The zero-order valence-electron chi connectivity index (χ0n) is 12.6. The smallest absolute Gasteiger partial charge is 0.345 e. The fourth-order valence-electron chi connectivity index (χ4n) is 2.24. The lowest BCUT2D eigenvalue weighted by atomic mass is 10.00. The molecular formula is C18H20O3. The van der Waals surface area contributed by atoms with E-state index in [1.807, 2.05) is 57.2 Å². The summed E-state index contributed by atoms with van der Waals surface area (Å²) in [4.78, 5) is 11.5. The summed E-state index contributed by atoms with van der Waals surface area (Å²) in [6.45, 7) is 5.90. The Hall–Kier alpha value is -2.29. The van der Waals surface area contributed by atoms with Crippen molar-refractivity contribution in [1.29, 1.82) is 0 Å². The number of hydrogen-bond donors (Lipinski definition) is 1. The Morgan fingerprint density at radius 1 is 1.10 bits per heavy atom. The van der Waals surface area contributed by atoms with E-state index in [-0.39, 0.29) is 0 Å². The van der Waals surface area contributed by atoms with Crippen LogP contribution in [-0.4, -0.2) is 17.2 Å². The van der Waals surface area contributed by atoms with Gasteiger partial charge in [-0.05, 0) is 43.5 Å². The third-order valence-electron chi connectivity index (χ3n) is 3.55. The van der Waals surface area contributed by atoms with Crippen LogP contribution in [0.5, 0.6) is 5.75 Å². The Bertz CT molecular complexity index is 647. The van der Waals surface area contributed by atoms with Crippen molar-refractivity contribution in [3.05, 3.63) is 64.7 Å². The van der Waals surface area contributed by atoms with Crippen molar-refractivity contribution in [2.24, 2.45) is 0 Å². The zero-order chi connectivity index (χ0) is 15.4. The van der Waals surface area contributed by atoms with Gasteiger partial charge in [-0.1, -0.05) is 42.0 Å². The van der Waals surface area contributed by atoms with E-state index in [0.717, 1.165) is 22.3 Å². The highest BCUT2D eigenvalue weighted by molar-refractivity contribution is 5.73. The summed E-state index contributed by atoms with van der Waals surface area (Å²) in [5.74, 6) is -0.325. The molecule has 0 amide bonds. The third-order valence-corrected chi connectivity index (χ3v) is 3.55. The fraction of sp³-hybridized carbons (Fsp3) is 0.278. The molecule has 3 heteroatoms. The van der Waals surface area contributed by atoms with Crippen LogP contribution in [0.1, 0.15) is 22.3 Å². The minimum atomic E-state index is -0.945. The van der Waals surface area contributed by atoms with Crippen molar-refractivity contribution in [2.75, 3.05) is 0 Å². The molecule has 0 bridgehead atoms. The quantitative estimate of drug-likeness (QED) is 0.911. The van der Waals surface area contributed by atoms with Crippen LogP contribution in [0.15, 0.2) is 42.5 Å². The Morgan fingerprint density at radius 3 is 2.48 bits per heavy atom. The Balaban J connectivity index is 2.22. The number of hydrogen-bond acceptors (Lipinski definition) is 2. The average Bonchev–Trinajstić information content (AvgIpc) is 2.44. The molecule has 2 aromatic rings. The predicted octanol–water partition coefficient (Wildman–Crippen LogP) is 3.69. The number of aryl methyl sites for hydroxylation is 3. The first kappa shape index (κ1) is 15.1. The van der Waals surface area contributed by atoms with Crippen LogP contribution in [0.4, 0.5) is 0 Å². The summed E-state index contributed by atoms with van der Waals surface area (Å²) in [7, 11) is 0. The second-order valence-corrected chi connectivity index (χ2v) is 5.34. The minimum absolute atomic E-state index is 0.358. The topological polar surface area (TPSA) is 46.5 Å². The summed E-state index contributed by atoms with van der Waals surface area (Å²) >= 11 is 0. The number of aliphatic carboxylic acids is 1. The molecule has 110 valence electrons. The molecule has 0 heterocycles. The first-order valence-corrected chi connectivity index (χ1v) is 6.98. The van der Waals surface area contributed by atoms with E-state index in [1.54, 1.807) is 6.07 Å². The van der Waals surface area contributed by atoms with E-state index in [9.17, 15) is 9.90 Å². The first-order valence-electron chi connectivity index (χ1n) is 6.98. The lowest BCUT2D eigenvalue weighted by Crippen LogP contribution is -2.30. The highest BCUT2D eigenvalue weighted by Gasteiger charge is 2.21. The van der Waals surface area contributed by atoms with E-state index in [4.69, 9.17) is 4.74 Å². The normalized spacial score (nSPS) is 12.0. The van der Waals surface area contributed by atoms with Gasteiger partial charge in [0.1, 0.15) is 5.75 Å². The van der Waals surface area contributed by atoms with Crippen LogP contribution >= 0.6 is 0 Å². The largest absolute Gasteiger partial charge is 0.478 e. The van der Waals surface area contributed by atoms with Gasteiger partial charge in [-0.3, -0.25) is 0 Å². The number of benzene rings is 2. The van der Waals surface area contributed by atoms with Crippen LogP contribution in [0.3, 0.4) is 0 Å². The molecule has 0 aromatic heterocycles. The number of ether oxygens (including phenoxy) is 1. The van der Waals surface area contributed by atoms with Gasteiger partial charge in [-0.15, -0.1) is 0 Å². The minimum Gasteiger partial charge on any atom is -0.478 e. The Labute approximate surface area is 125 Å². The Morgan fingerprint density at radius 2 is 1.81 bits per heavy atom. The molecule has 21 heavy (non-hydrogen) atoms. The van der Waals surface area contributed by atoms with E-state index in [0.29, 0.717) is 12.2 Å². The lowest BCUT2D eigenvalue weighted by Gasteiger charge is -2.18. The summed E-state index contributed by atoms with van der Waals surface area (Å²) < 4.78 is 5.71. The summed E-state index contributed by atoms with van der Waals surface area (Å²) in [6.07, 6.45) is -0.524. The Kier molecular flexibility index (Phi) is 4.63. The molecule has 0 fully saturated rings. The van der Waals surface area contributed by atoms with Crippen molar-refractivity contribution >= 4 is 5.97 Å². The van der Waals surface area contributed by atoms with E-state index in [2.05, 4.69) is 0 Å². The van der Waals surface area contributed by atoms with E-state index >= 15 is 0 Å². The molecule has 0 radical (unpaired) electrons. The molecule has 0 aliphatic heterocycles. The maximum absolute atomic E-state index is 11.5.